The molecule has 2 aromatic rings. The third-order valence-electron chi connectivity index (χ3n) is 3.48. The number of hydrogen-bond acceptors (Lipinski definition) is 6. The quantitative estimate of drug-likeness (QED) is 0.866. The van der Waals surface area contributed by atoms with E-state index in [9.17, 15) is 0 Å². The number of hydrogen-bond donors (Lipinski definition) is 0. The summed E-state index contributed by atoms with van der Waals surface area (Å²) in [4.78, 5) is 4.69. The molecule has 2 heterocycles. The maximum atomic E-state index is 5.29. The molecule has 1 aromatic heterocycles. The number of rotatable bonds is 3. The topological polar surface area (TPSA) is 41.5 Å². The lowest BCUT2D eigenvalue weighted by Crippen LogP contribution is -2.46. The van der Waals surface area contributed by atoms with Crippen molar-refractivity contribution in [2.75, 3.05) is 43.1 Å². The smallest absolute Gasteiger partial charge is 0.208 e. The molecular weight excluding hydrogens is 272 g/mol. The van der Waals surface area contributed by atoms with Crippen LogP contribution < -0.4 is 14.5 Å². The fourth-order valence-electron chi connectivity index (χ4n) is 2.38. The minimum atomic E-state index is 0.907. The Hall–Kier alpha value is -1.82. The van der Waals surface area contributed by atoms with E-state index in [1.54, 1.807) is 18.4 Å². The first kappa shape index (κ1) is 13.2. The van der Waals surface area contributed by atoms with E-state index in [0.717, 1.165) is 42.1 Å². The molecule has 20 heavy (non-hydrogen) atoms. The molecule has 0 spiro atoms. The maximum Gasteiger partial charge on any atom is 0.208 e. The van der Waals surface area contributed by atoms with Crippen LogP contribution in [0.15, 0.2) is 24.3 Å². The highest BCUT2D eigenvalue weighted by Crippen LogP contribution is 2.25. The van der Waals surface area contributed by atoms with Crippen molar-refractivity contribution < 1.29 is 4.74 Å². The van der Waals surface area contributed by atoms with Crippen molar-refractivity contribution in [3.8, 4) is 5.75 Å². The van der Waals surface area contributed by atoms with Crippen molar-refractivity contribution in [3.63, 3.8) is 0 Å². The predicted octanol–water partition coefficient (Wildman–Crippen LogP) is 2.18. The Morgan fingerprint density at radius 2 is 1.85 bits per heavy atom. The number of piperazine rings is 1. The number of methoxy groups -OCH3 is 1. The Morgan fingerprint density at radius 3 is 2.50 bits per heavy atom. The standard InChI is InChI=1S/C14H18N4OS/c1-11-15-16-14(20-11)18-8-6-17(7-9-18)12-4-3-5-13(10-12)19-2/h3-5,10H,6-9H2,1-2H3. The molecule has 0 unspecified atom stereocenters. The highest BCUT2D eigenvalue weighted by Gasteiger charge is 2.20. The van der Waals surface area contributed by atoms with Crippen molar-refractivity contribution in [1.29, 1.82) is 0 Å². The van der Waals surface area contributed by atoms with Crippen LogP contribution in [0.25, 0.3) is 0 Å². The zero-order valence-electron chi connectivity index (χ0n) is 11.7. The third kappa shape index (κ3) is 2.70. The van der Waals surface area contributed by atoms with Gasteiger partial charge in [0.25, 0.3) is 0 Å². The summed E-state index contributed by atoms with van der Waals surface area (Å²) in [5.41, 5.74) is 1.22. The van der Waals surface area contributed by atoms with Crippen LogP contribution in [-0.4, -0.2) is 43.5 Å². The normalized spacial score (nSPS) is 15.5. The van der Waals surface area contributed by atoms with Gasteiger partial charge in [-0.05, 0) is 19.1 Å². The highest BCUT2D eigenvalue weighted by atomic mass is 32.1. The second kappa shape index (κ2) is 5.66. The van der Waals surface area contributed by atoms with Crippen LogP contribution in [0, 0.1) is 6.92 Å². The molecule has 0 N–H and O–H groups in total. The van der Waals surface area contributed by atoms with Gasteiger partial charge in [0.2, 0.25) is 5.13 Å². The Labute approximate surface area is 122 Å². The van der Waals surface area contributed by atoms with Crippen molar-refractivity contribution in [3.05, 3.63) is 29.3 Å². The Bertz CT molecular complexity index is 578. The third-order valence-corrected chi connectivity index (χ3v) is 4.38. The predicted molar refractivity (Wildman–Crippen MR) is 82.1 cm³/mol. The van der Waals surface area contributed by atoms with Gasteiger partial charge in [-0.2, -0.15) is 0 Å². The number of aryl methyl sites for hydroxylation is 1. The van der Waals surface area contributed by atoms with Crippen LogP contribution in [0.3, 0.4) is 0 Å². The summed E-state index contributed by atoms with van der Waals surface area (Å²) in [5.74, 6) is 0.907. The molecule has 5 nitrogen and oxygen atoms in total. The van der Waals surface area contributed by atoms with E-state index >= 15 is 0 Å². The number of nitrogens with zero attached hydrogens (tertiary/aromatic N) is 4. The lowest BCUT2D eigenvalue weighted by Gasteiger charge is -2.35. The van der Waals surface area contributed by atoms with E-state index in [-0.39, 0.29) is 0 Å². The van der Waals surface area contributed by atoms with Gasteiger partial charge in [0.15, 0.2) is 0 Å². The minimum Gasteiger partial charge on any atom is -0.497 e. The molecule has 1 aliphatic heterocycles. The molecule has 0 aliphatic carbocycles. The Balaban J connectivity index is 1.66. The average Bonchev–Trinajstić information content (AvgIpc) is 2.94. The molecular formula is C14H18N4OS. The average molecular weight is 290 g/mol. The van der Waals surface area contributed by atoms with E-state index in [1.807, 2.05) is 19.1 Å². The first-order chi connectivity index (χ1) is 9.76. The second-order valence-corrected chi connectivity index (χ2v) is 5.94. The Kier molecular flexibility index (Phi) is 3.73. The van der Waals surface area contributed by atoms with Gasteiger partial charge >= 0.3 is 0 Å². The molecule has 0 saturated carbocycles. The Morgan fingerprint density at radius 1 is 1.10 bits per heavy atom. The van der Waals surface area contributed by atoms with Crippen LogP contribution in [-0.2, 0) is 0 Å². The molecule has 0 amide bonds. The lowest BCUT2D eigenvalue weighted by molar-refractivity contribution is 0.414. The van der Waals surface area contributed by atoms with Crippen LogP contribution in [0.2, 0.25) is 0 Å². The van der Waals surface area contributed by atoms with E-state index in [0.29, 0.717) is 0 Å². The van der Waals surface area contributed by atoms with Crippen LogP contribution >= 0.6 is 11.3 Å². The van der Waals surface area contributed by atoms with Gasteiger partial charge in [0.05, 0.1) is 7.11 Å². The number of anilines is 2. The number of ether oxygens (including phenoxy) is 1. The molecule has 106 valence electrons. The molecule has 1 aromatic carbocycles. The van der Waals surface area contributed by atoms with E-state index in [4.69, 9.17) is 4.74 Å². The van der Waals surface area contributed by atoms with E-state index < -0.39 is 0 Å². The fraction of sp³-hybridized carbons (Fsp3) is 0.429. The zero-order valence-corrected chi connectivity index (χ0v) is 12.6. The second-order valence-electron chi connectivity index (χ2n) is 4.78. The molecule has 0 atom stereocenters. The largest absolute Gasteiger partial charge is 0.497 e. The maximum absolute atomic E-state index is 5.29. The van der Waals surface area contributed by atoms with Crippen LogP contribution in [0.5, 0.6) is 5.75 Å². The van der Waals surface area contributed by atoms with Gasteiger partial charge in [-0.15, -0.1) is 10.2 Å². The van der Waals surface area contributed by atoms with Gasteiger partial charge in [-0.1, -0.05) is 17.4 Å². The highest BCUT2D eigenvalue weighted by molar-refractivity contribution is 7.15. The summed E-state index contributed by atoms with van der Waals surface area (Å²) in [6, 6.07) is 8.23. The molecule has 0 radical (unpaired) electrons. The summed E-state index contributed by atoms with van der Waals surface area (Å²) < 4.78 is 5.29. The van der Waals surface area contributed by atoms with Gasteiger partial charge < -0.3 is 14.5 Å². The van der Waals surface area contributed by atoms with E-state index in [2.05, 4.69) is 32.1 Å². The molecule has 1 aliphatic rings. The van der Waals surface area contributed by atoms with Crippen molar-refractivity contribution in [2.24, 2.45) is 0 Å². The minimum absolute atomic E-state index is 0.907. The zero-order chi connectivity index (χ0) is 13.9. The summed E-state index contributed by atoms with van der Waals surface area (Å²) >= 11 is 1.66. The van der Waals surface area contributed by atoms with Crippen LogP contribution in [0.1, 0.15) is 5.01 Å². The number of aromatic nitrogens is 2. The molecule has 1 fully saturated rings. The monoisotopic (exact) mass is 290 g/mol. The first-order valence-electron chi connectivity index (χ1n) is 6.70. The number of benzene rings is 1. The lowest BCUT2D eigenvalue weighted by atomic mass is 10.2. The summed E-state index contributed by atoms with van der Waals surface area (Å²) in [6.45, 7) is 5.93. The van der Waals surface area contributed by atoms with Crippen molar-refractivity contribution in [1.82, 2.24) is 10.2 Å². The molecule has 1 saturated heterocycles. The SMILES string of the molecule is COc1cccc(N2CCN(c3nnc(C)s3)CC2)c1. The molecule has 3 rings (SSSR count). The van der Waals surface area contributed by atoms with Gasteiger partial charge in [-0.3, -0.25) is 0 Å². The fourth-order valence-corrected chi connectivity index (χ4v) is 3.12. The van der Waals surface area contributed by atoms with Crippen molar-refractivity contribution >= 4 is 22.2 Å². The van der Waals surface area contributed by atoms with Crippen molar-refractivity contribution in [2.45, 2.75) is 6.92 Å². The van der Waals surface area contributed by atoms with Crippen LogP contribution in [0.4, 0.5) is 10.8 Å². The molecule has 0 bridgehead atoms. The van der Waals surface area contributed by atoms with E-state index in [1.165, 1.54) is 5.69 Å². The summed E-state index contributed by atoms with van der Waals surface area (Å²) in [5, 5.41) is 10.4. The first-order valence-corrected chi connectivity index (χ1v) is 7.52. The summed E-state index contributed by atoms with van der Waals surface area (Å²) in [6.07, 6.45) is 0. The summed E-state index contributed by atoms with van der Waals surface area (Å²) in [7, 11) is 1.70. The van der Waals surface area contributed by atoms with Gasteiger partial charge in [-0.25, -0.2) is 0 Å². The molecule has 6 heteroatoms. The van der Waals surface area contributed by atoms with Gasteiger partial charge in [0.1, 0.15) is 10.8 Å². The van der Waals surface area contributed by atoms with Gasteiger partial charge in [0, 0.05) is 37.9 Å².